The summed E-state index contributed by atoms with van der Waals surface area (Å²) in [5.74, 6) is 3.46. The van der Waals surface area contributed by atoms with Crippen molar-refractivity contribution in [1.29, 1.82) is 0 Å². The quantitative estimate of drug-likeness (QED) is 0.492. The minimum Gasteiger partial charge on any atom is -0.467 e. The monoisotopic (exact) mass is 356 g/mol. The third kappa shape index (κ3) is 4.75. The first-order valence-electron chi connectivity index (χ1n) is 8.67. The van der Waals surface area contributed by atoms with Crippen LogP contribution in [0.1, 0.15) is 24.3 Å². The molecule has 8 nitrogen and oxygen atoms in total. The van der Waals surface area contributed by atoms with E-state index in [2.05, 4.69) is 27.4 Å². The highest BCUT2D eigenvalue weighted by atomic mass is 16.3. The maximum Gasteiger partial charge on any atom is 0.194 e. The van der Waals surface area contributed by atoms with Crippen molar-refractivity contribution in [2.24, 2.45) is 4.99 Å². The molecule has 138 valence electrons. The number of guanidine groups is 1. The highest BCUT2D eigenvalue weighted by molar-refractivity contribution is 5.79. The van der Waals surface area contributed by atoms with E-state index in [9.17, 15) is 0 Å². The van der Waals surface area contributed by atoms with E-state index in [1.165, 1.54) is 0 Å². The number of aliphatic imine (C=N–C) groups is 1. The van der Waals surface area contributed by atoms with E-state index in [1.807, 2.05) is 40.8 Å². The Morgan fingerprint density at radius 3 is 2.69 bits per heavy atom. The van der Waals surface area contributed by atoms with Crippen LogP contribution in [0.2, 0.25) is 0 Å². The van der Waals surface area contributed by atoms with Gasteiger partial charge in [-0.15, -0.1) is 10.2 Å². The molecule has 8 heteroatoms. The lowest BCUT2D eigenvalue weighted by Gasteiger charge is -2.21. The molecule has 0 aliphatic heterocycles. The van der Waals surface area contributed by atoms with Crippen LogP contribution in [0.5, 0.6) is 0 Å². The average molecular weight is 356 g/mol. The number of aryl methyl sites for hydroxylation is 1. The molecule has 0 saturated carbocycles. The Labute approximate surface area is 152 Å². The molecule has 3 rings (SSSR count). The van der Waals surface area contributed by atoms with Crippen LogP contribution in [0, 0.1) is 0 Å². The average Bonchev–Trinajstić information content (AvgIpc) is 3.39. The van der Waals surface area contributed by atoms with Crippen LogP contribution in [-0.2, 0) is 26.1 Å². The molecule has 0 spiro atoms. The third-order valence-corrected chi connectivity index (χ3v) is 3.95. The third-order valence-electron chi connectivity index (χ3n) is 3.95. The van der Waals surface area contributed by atoms with Gasteiger partial charge in [-0.2, -0.15) is 0 Å². The molecular formula is C18H24N6O2. The van der Waals surface area contributed by atoms with E-state index < -0.39 is 0 Å². The standard InChI is InChI=1S/C18H24N6O2/c1-3-17-22-21-14-24(17)9-8-19-18(20-12-15-6-4-10-25-15)23(2)13-16-7-5-11-26-16/h4-7,10-11,14H,3,8-9,12-13H2,1-2H3,(H,19,20). The van der Waals surface area contributed by atoms with Crippen LogP contribution in [-0.4, -0.2) is 39.2 Å². The summed E-state index contributed by atoms with van der Waals surface area (Å²) in [6.07, 6.45) is 5.95. The first-order chi connectivity index (χ1) is 12.8. The Bertz CT molecular complexity index is 792. The second kappa shape index (κ2) is 8.89. The Morgan fingerprint density at radius 2 is 2.00 bits per heavy atom. The first-order valence-corrected chi connectivity index (χ1v) is 8.67. The predicted molar refractivity (Wildman–Crippen MR) is 97.4 cm³/mol. The summed E-state index contributed by atoms with van der Waals surface area (Å²) < 4.78 is 12.9. The zero-order valence-corrected chi connectivity index (χ0v) is 15.1. The maximum atomic E-state index is 5.43. The smallest absolute Gasteiger partial charge is 0.194 e. The Hall–Kier alpha value is -3.03. The van der Waals surface area contributed by atoms with Gasteiger partial charge in [-0.3, -0.25) is 0 Å². The zero-order chi connectivity index (χ0) is 18.2. The Kier molecular flexibility index (Phi) is 6.08. The number of hydrogen-bond acceptors (Lipinski definition) is 5. The normalized spacial score (nSPS) is 11.7. The topological polar surface area (TPSA) is 84.6 Å². The predicted octanol–water partition coefficient (Wildman–Crippen LogP) is 2.30. The van der Waals surface area contributed by atoms with Crippen molar-refractivity contribution in [3.05, 3.63) is 60.5 Å². The molecule has 0 aromatic carbocycles. The fraction of sp³-hybridized carbons (Fsp3) is 0.389. The summed E-state index contributed by atoms with van der Waals surface area (Å²) in [5.41, 5.74) is 0. The van der Waals surface area contributed by atoms with Crippen molar-refractivity contribution in [2.75, 3.05) is 13.6 Å². The van der Waals surface area contributed by atoms with E-state index in [0.717, 1.165) is 36.3 Å². The van der Waals surface area contributed by atoms with Crippen molar-refractivity contribution in [2.45, 2.75) is 33.0 Å². The molecule has 3 aromatic rings. The van der Waals surface area contributed by atoms with Crippen LogP contribution >= 0.6 is 0 Å². The van der Waals surface area contributed by atoms with Crippen LogP contribution in [0.4, 0.5) is 0 Å². The number of furan rings is 2. The lowest BCUT2D eigenvalue weighted by molar-refractivity contribution is 0.397. The zero-order valence-electron chi connectivity index (χ0n) is 15.1. The van der Waals surface area contributed by atoms with Gasteiger partial charge in [0.25, 0.3) is 0 Å². The molecule has 3 aromatic heterocycles. The molecular weight excluding hydrogens is 332 g/mol. The van der Waals surface area contributed by atoms with Crippen LogP contribution in [0.25, 0.3) is 0 Å². The van der Waals surface area contributed by atoms with E-state index in [4.69, 9.17) is 8.83 Å². The molecule has 0 fully saturated rings. The van der Waals surface area contributed by atoms with E-state index in [-0.39, 0.29) is 0 Å². The lowest BCUT2D eigenvalue weighted by Crippen LogP contribution is -2.40. The van der Waals surface area contributed by atoms with Crippen molar-refractivity contribution in [1.82, 2.24) is 25.0 Å². The Morgan fingerprint density at radius 1 is 1.23 bits per heavy atom. The summed E-state index contributed by atoms with van der Waals surface area (Å²) in [7, 11) is 1.98. The number of hydrogen-bond donors (Lipinski definition) is 1. The van der Waals surface area contributed by atoms with E-state index >= 15 is 0 Å². The summed E-state index contributed by atoms with van der Waals surface area (Å²) >= 11 is 0. The van der Waals surface area contributed by atoms with Gasteiger partial charge in [0.05, 0.1) is 19.1 Å². The van der Waals surface area contributed by atoms with Gasteiger partial charge in [-0.1, -0.05) is 6.92 Å². The van der Waals surface area contributed by atoms with Gasteiger partial charge in [0.15, 0.2) is 5.96 Å². The van der Waals surface area contributed by atoms with E-state index in [1.54, 1.807) is 18.9 Å². The summed E-state index contributed by atoms with van der Waals surface area (Å²) in [6, 6.07) is 7.61. The number of aromatic nitrogens is 3. The summed E-state index contributed by atoms with van der Waals surface area (Å²) in [4.78, 5) is 6.69. The van der Waals surface area contributed by atoms with Gasteiger partial charge in [-0.05, 0) is 24.3 Å². The Balaban J connectivity index is 1.62. The van der Waals surface area contributed by atoms with E-state index in [0.29, 0.717) is 19.6 Å². The van der Waals surface area contributed by atoms with Crippen molar-refractivity contribution in [3.63, 3.8) is 0 Å². The van der Waals surface area contributed by atoms with Crippen LogP contribution < -0.4 is 5.32 Å². The highest BCUT2D eigenvalue weighted by Crippen LogP contribution is 2.06. The minimum atomic E-state index is 0.477. The molecule has 0 bridgehead atoms. The molecule has 0 amide bonds. The van der Waals surface area contributed by atoms with Crippen molar-refractivity contribution in [3.8, 4) is 0 Å². The van der Waals surface area contributed by atoms with Crippen LogP contribution in [0.3, 0.4) is 0 Å². The minimum absolute atomic E-state index is 0.477. The number of nitrogens with one attached hydrogen (secondary N) is 1. The molecule has 0 aliphatic rings. The van der Waals surface area contributed by atoms with Gasteiger partial charge in [0.1, 0.15) is 30.2 Å². The second-order valence-corrected chi connectivity index (χ2v) is 5.88. The van der Waals surface area contributed by atoms with Gasteiger partial charge in [-0.25, -0.2) is 4.99 Å². The summed E-state index contributed by atoms with van der Waals surface area (Å²) in [5, 5.41) is 11.5. The van der Waals surface area contributed by atoms with Gasteiger partial charge >= 0.3 is 0 Å². The van der Waals surface area contributed by atoms with Gasteiger partial charge in [0, 0.05) is 26.6 Å². The fourth-order valence-corrected chi connectivity index (χ4v) is 2.61. The first kappa shape index (κ1) is 17.8. The molecule has 1 N–H and O–H groups in total. The van der Waals surface area contributed by atoms with Gasteiger partial charge in [0.2, 0.25) is 0 Å². The highest BCUT2D eigenvalue weighted by Gasteiger charge is 2.10. The number of rotatable bonds is 8. The molecule has 3 heterocycles. The SMILES string of the molecule is CCc1nncn1CCNC(=NCc1ccco1)N(C)Cc1ccco1. The number of nitrogens with zero attached hydrogens (tertiary/aromatic N) is 5. The molecule has 0 unspecified atom stereocenters. The fourth-order valence-electron chi connectivity index (χ4n) is 2.61. The largest absolute Gasteiger partial charge is 0.467 e. The molecule has 26 heavy (non-hydrogen) atoms. The molecule has 0 atom stereocenters. The molecule has 0 radical (unpaired) electrons. The molecule has 0 aliphatic carbocycles. The van der Waals surface area contributed by atoms with Crippen molar-refractivity contribution >= 4 is 5.96 Å². The maximum absolute atomic E-state index is 5.43. The van der Waals surface area contributed by atoms with Crippen molar-refractivity contribution < 1.29 is 8.83 Å². The van der Waals surface area contributed by atoms with Crippen LogP contribution in [0.15, 0.2) is 56.9 Å². The molecule has 0 saturated heterocycles. The lowest BCUT2D eigenvalue weighted by atomic mass is 10.4. The second-order valence-electron chi connectivity index (χ2n) is 5.88. The summed E-state index contributed by atoms with van der Waals surface area (Å²) in [6.45, 7) is 4.66. The van der Waals surface area contributed by atoms with Gasteiger partial charge < -0.3 is 23.6 Å².